The van der Waals surface area contributed by atoms with E-state index in [1.165, 1.54) is 30.4 Å². The SMILES string of the molecule is C[C@@H]1Cc2cc(B(O)O)ccc2[C@@H](c2c(F)cc(NC3CCN(CCCF)C3)cc2F)N1C1=C=C=C(F)C=C1. The highest BCUT2D eigenvalue weighted by Gasteiger charge is 2.38. The van der Waals surface area contributed by atoms with Crippen LogP contribution < -0.4 is 10.8 Å². The van der Waals surface area contributed by atoms with Crippen molar-refractivity contribution in [3.63, 3.8) is 0 Å². The Balaban J connectivity index is 1.53. The molecule has 10 heteroatoms. The lowest BCUT2D eigenvalue weighted by Crippen LogP contribution is -2.43. The van der Waals surface area contributed by atoms with E-state index in [4.69, 9.17) is 0 Å². The molecule has 0 amide bonds. The van der Waals surface area contributed by atoms with Crippen molar-refractivity contribution in [2.75, 3.05) is 31.6 Å². The molecule has 204 valence electrons. The quantitative estimate of drug-likeness (QED) is 0.270. The summed E-state index contributed by atoms with van der Waals surface area (Å²) in [5.74, 6) is -2.07. The molecule has 3 aliphatic rings. The second-order valence-electron chi connectivity index (χ2n) is 10.3. The van der Waals surface area contributed by atoms with Gasteiger partial charge in [0.2, 0.25) is 0 Å². The van der Waals surface area contributed by atoms with E-state index in [9.17, 15) is 18.8 Å². The molecule has 2 aliphatic heterocycles. The first-order chi connectivity index (χ1) is 18.7. The van der Waals surface area contributed by atoms with Crippen LogP contribution in [0.3, 0.4) is 0 Å². The van der Waals surface area contributed by atoms with E-state index in [1.807, 2.05) is 6.92 Å². The number of allylic oxidation sites excluding steroid dienone is 3. The summed E-state index contributed by atoms with van der Waals surface area (Å²) < 4.78 is 57.9. The maximum absolute atomic E-state index is 15.9. The Bertz CT molecular complexity index is 1360. The van der Waals surface area contributed by atoms with Crippen LogP contribution in [0.2, 0.25) is 0 Å². The number of rotatable bonds is 8. The third-order valence-corrected chi connectivity index (χ3v) is 7.61. The van der Waals surface area contributed by atoms with Gasteiger partial charge in [-0.2, -0.15) is 4.39 Å². The zero-order valence-corrected chi connectivity index (χ0v) is 21.6. The van der Waals surface area contributed by atoms with Crippen molar-refractivity contribution in [3.05, 3.63) is 93.8 Å². The van der Waals surface area contributed by atoms with Crippen LogP contribution in [0.25, 0.3) is 0 Å². The monoisotopic (exact) mass is 539 g/mol. The van der Waals surface area contributed by atoms with Crippen molar-refractivity contribution in [3.8, 4) is 0 Å². The zero-order valence-electron chi connectivity index (χ0n) is 21.6. The van der Waals surface area contributed by atoms with Gasteiger partial charge in [-0.1, -0.05) is 18.2 Å². The third kappa shape index (κ3) is 5.71. The highest BCUT2D eigenvalue weighted by atomic mass is 19.1. The Labute approximate surface area is 225 Å². The lowest BCUT2D eigenvalue weighted by Gasteiger charge is -2.44. The van der Waals surface area contributed by atoms with Crippen molar-refractivity contribution < 1.29 is 27.6 Å². The van der Waals surface area contributed by atoms with Crippen LogP contribution in [-0.2, 0) is 6.42 Å². The molecule has 0 spiro atoms. The molecule has 1 unspecified atom stereocenters. The molecule has 0 aromatic heterocycles. The Hall–Kier alpha value is -3.26. The highest BCUT2D eigenvalue weighted by molar-refractivity contribution is 6.58. The summed E-state index contributed by atoms with van der Waals surface area (Å²) in [5.41, 5.74) is 7.40. The molecule has 0 bridgehead atoms. The maximum Gasteiger partial charge on any atom is 0.488 e. The molecule has 0 radical (unpaired) electrons. The Morgan fingerprint density at radius 2 is 1.85 bits per heavy atom. The number of anilines is 1. The van der Waals surface area contributed by atoms with Crippen molar-refractivity contribution in [2.45, 2.75) is 44.3 Å². The number of nitrogens with zero attached hydrogens (tertiary/aromatic N) is 2. The van der Waals surface area contributed by atoms with Gasteiger partial charge in [-0.25, -0.2) is 8.78 Å². The standard InChI is InChI=1S/C29H30BF4N3O2/c1-18-13-19-14-20(30(38)39)3-8-25(19)29(37(18)24-6-4-21(32)5-7-24)28-26(33)15-23(16-27(28)34)35-22-9-12-36(17-22)11-2-10-31/h3-4,6,8,14-16,18,22,29,35,38-39H,2,9-13,17H2,1H3/t18-,22?,29+/m1/s1. The maximum atomic E-state index is 15.9. The van der Waals surface area contributed by atoms with Crippen LogP contribution in [-0.4, -0.2) is 65.4 Å². The van der Waals surface area contributed by atoms with Gasteiger partial charge in [-0.05, 0) is 78.5 Å². The van der Waals surface area contributed by atoms with E-state index in [0.29, 0.717) is 42.9 Å². The molecule has 39 heavy (non-hydrogen) atoms. The van der Waals surface area contributed by atoms with E-state index in [0.717, 1.165) is 18.5 Å². The summed E-state index contributed by atoms with van der Waals surface area (Å²) in [6.45, 7) is 3.63. The second kappa shape index (κ2) is 11.5. The van der Waals surface area contributed by atoms with E-state index in [1.54, 1.807) is 17.0 Å². The summed E-state index contributed by atoms with van der Waals surface area (Å²) >= 11 is 0. The molecular weight excluding hydrogens is 509 g/mol. The van der Waals surface area contributed by atoms with Gasteiger partial charge in [-0.3, -0.25) is 4.39 Å². The normalized spacial score (nSPS) is 22.5. The molecule has 3 atom stereocenters. The molecule has 3 N–H and O–H groups in total. The number of nitrogens with one attached hydrogen (secondary N) is 1. The molecule has 5 rings (SSSR count). The van der Waals surface area contributed by atoms with Crippen LogP contribution in [0, 0.1) is 11.6 Å². The van der Waals surface area contributed by atoms with Gasteiger partial charge >= 0.3 is 7.12 Å². The average molecular weight is 539 g/mol. The second-order valence-corrected chi connectivity index (χ2v) is 10.3. The molecule has 1 saturated heterocycles. The van der Waals surface area contributed by atoms with E-state index in [-0.39, 0.29) is 29.8 Å². The number of alkyl halides is 1. The van der Waals surface area contributed by atoms with Gasteiger partial charge in [0.1, 0.15) is 11.6 Å². The fraction of sp³-hybridized carbons (Fsp3) is 0.379. The lowest BCUT2D eigenvalue weighted by molar-refractivity contribution is 0.203. The minimum absolute atomic E-state index is 0.00567. The van der Waals surface area contributed by atoms with Gasteiger partial charge in [0.15, 0.2) is 5.83 Å². The first-order valence-electron chi connectivity index (χ1n) is 13.2. The molecule has 1 fully saturated rings. The van der Waals surface area contributed by atoms with Crippen LogP contribution in [0.1, 0.15) is 42.5 Å². The Morgan fingerprint density at radius 3 is 2.51 bits per heavy atom. The molecular formula is C29H30BF4N3O2. The molecule has 5 nitrogen and oxygen atoms in total. The van der Waals surface area contributed by atoms with Gasteiger partial charge in [0.05, 0.1) is 24.0 Å². The summed E-state index contributed by atoms with van der Waals surface area (Å²) in [7, 11) is -1.68. The lowest BCUT2D eigenvalue weighted by atomic mass is 9.75. The zero-order chi connectivity index (χ0) is 27.7. The van der Waals surface area contributed by atoms with Gasteiger partial charge < -0.3 is 25.2 Å². The number of hydrogen-bond donors (Lipinski definition) is 3. The fourth-order valence-electron chi connectivity index (χ4n) is 5.83. The highest BCUT2D eigenvalue weighted by Crippen LogP contribution is 2.43. The molecule has 2 aromatic carbocycles. The van der Waals surface area contributed by atoms with Crippen molar-refractivity contribution >= 4 is 18.3 Å². The van der Waals surface area contributed by atoms with E-state index < -0.39 is 30.6 Å². The number of likely N-dealkylation sites (tertiary alicyclic amines) is 1. The molecule has 2 aromatic rings. The first-order valence-corrected chi connectivity index (χ1v) is 13.2. The summed E-state index contributed by atoms with van der Waals surface area (Å²) in [4.78, 5) is 3.92. The van der Waals surface area contributed by atoms with Crippen LogP contribution in [0.15, 0.2) is 65.5 Å². The van der Waals surface area contributed by atoms with E-state index >= 15 is 8.78 Å². The number of fused-ring (bicyclic) bond motifs is 1. The smallest absolute Gasteiger partial charge is 0.423 e. The number of benzene rings is 2. The van der Waals surface area contributed by atoms with Crippen LogP contribution >= 0.6 is 0 Å². The van der Waals surface area contributed by atoms with Crippen molar-refractivity contribution in [1.29, 1.82) is 0 Å². The predicted octanol–water partition coefficient (Wildman–Crippen LogP) is 3.89. The van der Waals surface area contributed by atoms with Gasteiger partial charge in [-0.15, -0.1) is 0 Å². The minimum Gasteiger partial charge on any atom is -0.423 e. The molecule has 2 heterocycles. The van der Waals surface area contributed by atoms with Crippen LogP contribution in [0.4, 0.5) is 23.2 Å². The molecule has 1 aliphatic carbocycles. The van der Waals surface area contributed by atoms with Gasteiger partial charge in [0.25, 0.3) is 0 Å². The van der Waals surface area contributed by atoms with Crippen molar-refractivity contribution in [2.24, 2.45) is 0 Å². The molecule has 0 saturated carbocycles. The fourth-order valence-corrected chi connectivity index (χ4v) is 5.83. The topological polar surface area (TPSA) is 59.0 Å². The Morgan fingerprint density at radius 1 is 1.08 bits per heavy atom. The van der Waals surface area contributed by atoms with E-state index in [2.05, 4.69) is 21.7 Å². The number of halogens is 4. The average Bonchev–Trinajstić information content (AvgIpc) is 3.34. The Kier molecular flexibility index (Phi) is 8.03. The first kappa shape index (κ1) is 27.3. The van der Waals surface area contributed by atoms with Crippen LogP contribution in [0.5, 0.6) is 0 Å². The number of hydrogen-bond acceptors (Lipinski definition) is 5. The van der Waals surface area contributed by atoms with Gasteiger partial charge in [0, 0.05) is 37.4 Å². The summed E-state index contributed by atoms with van der Waals surface area (Å²) in [5, 5.41) is 22.6. The summed E-state index contributed by atoms with van der Waals surface area (Å²) in [6.07, 6.45) is 4.45. The largest absolute Gasteiger partial charge is 0.488 e. The van der Waals surface area contributed by atoms with Crippen molar-refractivity contribution in [1.82, 2.24) is 9.80 Å². The third-order valence-electron chi connectivity index (χ3n) is 7.61. The predicted molar refractivity (Wildman–Crippen MR) is 143 cm³/mol. The minimum atomic E-state index is -1.68. The summed E-state index contributed by atoms with van der Waals surface area (Å²) in [6, 6.07) is 6.17.